The lowest BCUT2D eigenvalue weighted by molar-refractivity contribution is 0.370. The number of nitrogens with one attached hydrogen (secondary N) is 1. The summed E-state index contributed by atoms with van der Waals surface area (Å²) >= 11 is 1.04. The largest absolute Gasteiger partial charge is 0.313 e. The highest BCUT2D eigenvalue weighted by Gasteiger charge is 2.28. The van der Waals surface area contributed by atoms with Crippen molar-refractivity contribution in [2.45, 2.75) is 36.4 Å². The number of nitriles is 1. The molecule has 1 unspecified atom stereocenters. The highest BCUT2D eigenvalue weighted by Crippen LogP contribution is 2.25. The van der Waals surface area contributed by atoms with Crippen LogP contribution in [0.5, 0.6) is 0 Å². The van der Waals surface area contributed by atoms with Gasteiger partial charge in [0, 0.05) is 19.1 Å². The summed E-state index contributed by atoms with van der Waals surface area (Å²) in [5, 5.41) is 12.2. The first-order valence-corrected chi connectivity index (χ1v) is 9.07. The Bertz CT molecular complexity index is 583. The van der Waals surface area contributed by atoms with Crippen molar-refractivity contribution in [1.82, 2.24) is 9.62 Å². The lowest BCUT2D eigenvalue weighted by Crippen LogP contribution is -2.41. The van der Waals surface area contributed by atoms with E-state index in [4.69, 9.17) is 5.26 Å². The number of rotatable bonds is 6. The summed E-state index contributed by atoms with van der Waals surface area (Å²) in [5.41, 5.74) is 0. The molecule has 1 aliphatic rings. The van der Waals surface area contributed by atoms with E-state index in [2.05, 4.69) is 5.32 Å². The lowest BCUT2D eigenvalue weighted by Gasteiger charge is -2.24. The zero-order valence-corrected chi connectivity index (χ0v) is 13.1. The van der Waals surface area contributed by atoms with E-state index in [1.807, 2.05) is 13.0 Å². The van der Waals surface area contributed by atoms with Gasteiger partial charge < -0.3 is 5.32 Å². The molecule has 1 aromatic rings. The van der Waals surface area contributed by atoms with Crippen LogP contribution >= 0.6 is 11.3 Å². The van der Waals surface area contributed by atoms with E-state index in [-0.39, 0.29) is 10.3 Å². The van der Waals surface area contributed by atoms with E-state index in [9.17, 15) is 8.42 Å². The van der Waals surface area contributed by atoms with Crippen LogP contribution in [0, 0.1) is 11.3 Å². The molecule has 7 heteroatoms. The van der Waals surface area contributed by atoms with Gasteiger partial charge in [-0.15, -0.1) is 11.3 Å². The molecule has 0 amide bonds. The summed E-state index contributed by atoms with van der Waals surface area (Å²) in [6, 6.07) is 5.33. The van der Waals surface area contributed by atoms with Gasteiger partial charge in [0.25, 0.3) is 10.0 Å². The maximum Gasteiger partial charge on any atom is 0.252 e. The van der Waals surface area contributed by atoms with Crippen LogP contribution in [0.15, 0.2) is 16.3 Å². The smallest absolute Gasteiger partial charge is 0.252 e. The Labute approximate surface area is 124 Å². The van der Waals surface area contributed by atoms with Crippen molar-refractivity contribution in [3.8, 4) is 6.07 Å². The first-order chi connectivity index (χ1) is 9.57. The van der Waals surface area contributed by atoms with E-state index in [0.717, 1.165) is 37.1 Å². The molecule has 5 nitrogen and oxygen atoms in total. The van der Waals surface area contributed by atoms with Crippen molar-refractivity contribution < 1.29 is 8.42 Å². The van der Waals surface area contributed by atoms with Crippen LogP contribution in [0.4, 0.5) is 0 Å². The van der Waals surface area contributed by atoms with Gasteiger partial charge in [0.2, 0.25) is 0 Å². The van der Waals surface area contributed by atoms with Crippen LogP contribution in [0.25, 0.3) is 0 Å². The van der Waals surface area contributed by atoms with E-state index in [1.54, 1.807) is 10.4 Å². The highest BCUT2D eigenvalue weighted by molar-refractivity contribution is 7.91. The van der Waals surface area contributed by atoms with Crippen LogP contribution in [0.2, 0.25) is 0 Å². The minimum Gasteiger partial charge on any atom is -0.313 e. The van der Waals surface area contributed by atoms with Gasteiger partial charge in [-0.2, -0.15) is 9.57 Å². The van der Waals surface area contributed by atoms with Gasteiger partial charge in [0.15, 0.2) is 0 Å². The third-order valence-electron chi connectivity index (χ3n) is 3.35. The predicted octanol–water partition coefficient (Wildman–Crippen LogP) is 1.77. The number of thiophene rings is 1. The van der Waals surface area contributed by atoms with E-state index in [1.165, 1.54) is 6.07 Å². The Balaban J connectivity index is 2.19. The summed E-state index contributed by atoms with van der Waals surface area (Å²) in [6.45, 7) is 3.96. The fourth-order valence-electron chi connectivity index (χ4n) is 2.36. The highest BCUT2D eigenvalue weighted by atomic mass is 32.2. The van der Waals surface area contributed by atoms with Gasteiger partial charge in [-0.1, -0.05) is 6.92 Å². The van der Waals surface area contributed by atoms with E-state index < -0.39 is 10.0 Å². The molecule has 1 aliphatic heterocycles. The summed E-state index contributed by atoms with van der Waals surface area (Å²) < 4.78 is 27.1. The number of hydrogen-bond acceptors (Lipinski definition) is 5. The standard InChI is InChI=1S/C13H19N3O2S2/c1-2-8-16(10-11-4-3-7-15-11)20(17,18)13-6-5-12(9-14)19-13/h5-6,11,15H,2-4,7-8,10H2,1H3. The maximum atomic E-state index is 12.6. The Morgan fingerprint density at radius 2 is 2.35 bits per heavy atom. The molecule has 0 saturated carbocycles. The molecule has 1 fully saturated rings. The molecule has 0 bridgehead atoms. The molecule has 1 aromatic heterocycles. The van der Waals surface area contributed by atoms with Crippen LogP contribution in [0.1, 0.15) is 31.1 Å². The summed E-state index contributed by atoms with van der Waals surface area (Å²) in [6.07, 6.45) is 2.90. The number of hydrogen-bond donors (Lipinski definition) is 1. The zero-order valence-electron chi connectivity index (χ0n) is 11.5. The molecule has 0 aliphatic carbocycles. The molecule has 1 saturated heterocycles. The van der Waals surface area contributed by atoms with Gasteiger partial charge >= 0.3 is 0 Å². The molecule has 2 heterocycles. The average molecular weight is 313 g/mol. The molecule has 0 radical (unpaired) electrons. The van der Waals surface area contributed by atoms with Gasteiger partial charge in [0.05, 0.1) is 0 Å². The van der Waals surface area contributed by atoms with Crippen molar-refractivity contribution in [3.63, 3.8) is 0 Å². The van der Waals surface area contributed by atoms with E-state index >= 15 is 0 Å². The predicted molar refractivity (Wildman–Crippen MR) is 79.1 cm³/mol. The second kappa shape index (κ2) is 6.68. The molecular weight excluding hydrogens is 294 g/mol. The third-order valence-corrected chi connectivity index (χ3v) is 6.67. The van der Waals surface area contributed by atoms with Gasteiger partial charge in [0.1, 0.15) is 15.2 Å². The summed E-state index contributed by atoms with van der Waals surface area (Å²) in [5.74, 6) is 0. The van der Waals surface area contributed by atoms with Crippen LogP contribution < -0.4 is 5.32 Å². The molecule has 2 rings (SSSR count). The Morgan fingerprint density at radius 1 is 1.55 bits per heavy atom. The second-order valence-corrected chi connectivity index (χ2v) is 8.14. The monoisotopic (exact) mass is 313 g/mol. The molecule has 0 aromatic carbocycles. The summed E-state index contributed by atoms with van der Waals surface area (Å²) in [4.78, 5) is 0.430. The normalized spacial score (nSPS) is 19.4. The molecule has 1 N–H and O–H groups in total. The third kappa shape index (κ3) is 3.38. The maximum absolute atomic E-state index is 12.6. The lowest BCUT2D eigenvalue weighted by atomic mass is 10.2. The van der Waals surface area contributed by atoms with Crippen molar-refractivity contribution in [1.29, 1.82) is 5.26 Å². The van der Waals surface area contributed by atoms with Crippen molar-refractivity contribution >= 4 is 21.4 Å². The van der Waals surface area contributed by atoms with Crippen LogP contribution in [0.3, 0.4) is 0 Å². The van der Waals surface area contributed by atoms with Gasteiger partial charge in [-0.3, -0.25) is 0 Å². The van der Waals surface area contributed by atoms with Crippen molar-refractivity contribution in [3.05, 3.63) is 17.0 Å². The first-order valence-electron chi connectivity index (χ1n) is 6.81. The summed E-state index contributed by atoms with van der Waals surface area (Å²) in [7, 11) is -3.48. The molecule has 20 heavy (non-hydrogen) atoms. The zero-order chi connectivity index (χ0) is 14.6. The molecule has 110 valence electrons. The van der Waals surface area contributed by atoms with Gasteiger partial charge in [-0.05, 0) is 37.9 Å². The Hall–Kier alpha value is -0.940. The SMILES string of the molecule is CCCN(CC1CCCN1)S(=O)(=O)c1ccc(C#N)s1. The van der Waals surface area contributed by atoms with Crippen molar-refractivity contribution in [2.24, 2.45) is 0 Å². The second-order valence-electron chi connectivity index (χ2n) is 4.89. The topological polar surface area (TPSA) is 73.2 Å². The van der Waals surface area contributed by atoms with Crippen molar-refractivity contribution in [2.75, 3.05) is 19.6 Å². The quantitative estimate of drug-likeness (QED) is 0.868. The molecular formula is C13H19N3O2S2. The Morgan fingerprint density at radius 3 is 2.90 bits per heavy atom. The fourth-order valence-corrected chi connectivity index (χ4v) is 5.20. The minimum atomic E-state index is -3.48. The minimum absolute atomic E-state index is 0.242. The fraction of sp³-hybridized carbons (Fsp3) is 0.615. The first kappa shape index (κ1) is 15.4. The Kier molecular flexibility index (Phi) is 5.16. The van der Waals surface area contributed by atoms with Crippen LogP contribution in [-0.4, -0.2) is 38.4 Å². The molecule has 0 spiro atoms. The number of sulfonamides is 1. The van der Waals surface area contributed by atoms with E-state index in [0.29, 0.717) is 18.0 Å². The van der Waals surface area contributed by atoms with Crippen LogP contribution in [-0.2, 0) is 10.0 Å². The van der Waals surface area contributed by atoms with Gasteiger partial charge in [-0.25, -0.2) is 8.42 Å². The molecule has 1 atom stereocenters. The average Bonchev–Trinajstić information content (AvgIpc) is 3.09. The number of nitrogens with zero attached hydrogens (tertiary/aromatic N) is 2.